The van der Waals surface area contributed by atoms with E-state index in [-0.39, 0.29) is 24.5 Å². The Morgan fingerprint density at radius 3 is 2.45 bits per heavy atom. The van der Waals surface area contributed by atoms with Gasteiger partial charge < -0.3 is 15.0 Å². The molecule has 0 heterocycles. The van der Waals surface area contributed by atoms with Gasteiger partial charge in [0.1, 0.15) is 11.8 Å². The number of hydrogen-bond acceptors (Lipinski definition) is 3. The molecule has 0 bridgehead atoms. The average molecular weight is 463 g/mol. The van der Waals surface area contributed by atoms with Crippen LogP contribution >= 0.6 is 23.2 Å². The van der Waals surface area contributed by atoms with Crippen molar-refractivity contribution >= 4 is 35.0 Å². The molecule has 1 saturated carbocycles. The number of nitrogens with zero attached hydrogens (tertiary/aromatic N) is 1. The zero-order valence-electron chi connectivity index (χ0n) is 17.9. The molecular formula is C24H28Cl2N2O3. The van der Waals surface area contributed by atoms with Gasteiger partial charge in [-0.2, -0.15) is 0 Å². The Labute approximate surface area is 193 Å². The number of benzene rings is 2. The summed E-state index contributed by atoms with van der Waals surface area (Å²) < 4.78 is 5.64. The van der Waals surface area contributed by atoms with Gasteiger partial charge in [0.25, 0.3) is 5.91 Å². The van der Waals surface area contributed by atoms with Gasteiger partial charge in [0, 0.05) is 17.6 Å². The van der Waals surface area contributed by atoms with E-state index in [1.54, 1.807) is 30.0 Å². The van der Waals surface area contributed by atoms with Gasteiger partial charge in [-0.05, 0) is 50.5 Å². The Hall–Kier alpha value is -2.24. The Morgan fingerprint density at radius 2 is 1.81 bits per heavy atom. The van der Waals surface area contributed by atoms with Crippen LogP contribution < -0.4 is 10.1 Å². The van der Waals surface area contributed by atoms with Crippen molar-refractivity contribution in [2.45, 2.75) is 58.2 Å². The van der Waals surface area contributed by atoms with Crippen molar-refractivity contribution in [3.05, 3.63) is 63.6 Å². The van der Waals surface area contributed by atoms with Crippen LogP contribution in [0.3, 0.4) is 0 Å². The van der Waals surface area contributed by atoms with Crippen LogP contribution in [0.1, 0.15) is 43.7 Å². The first-order valence-electron chi connectivity index (χ1n) is 10.6. The maximum atomic E-state index is 13.1. The molecule has 1 aliphatic carbocycles. The number of carbonyl (C=O) groups excluding carboxylic acids is 2. The van der Waals surface area contributed by atoms with Gasteiger partial charge in [-0.1, -0.05) is 65.9 Å². The monoisotopic (exact) mass is 462 g/mol. The fourth-order valence-corrected chi connectivity index (χ4v) is 4.14. The number of ether oxygens (including phenoxy) is 1. The molecule has 2 aromatic carbocycles. The summed E-state index contributed by atoms with van der Waals surface area (Å²) in [5.74, 6) is -0.0599. The second kappa shape index (κ2) is 10.9. The predicted octanol–water partition coefficient (Wildman–Crippen LogP) is 5.16. The van der Waals surface area contributed by atoms with E-state index in [1.165, 1.54) is 0 Å². The van der Waals surface area contributed by atoms with E-state index in [0.717, 1.165) is 36.8 Å². The summed E-state index contributed by atoms with van der Waals surface area (Å²) in [5.41, 5.74) is 2.08. The smallest absolute Gasteiger partial charge is 0.261 e. The standard InChI is InChI=1S/C24H28Cl2N2O3/c1-16-7-9-18(10-8-16)14-28(17(2)24(30)27-20-5-3-4-6-20)23(29)15-31-22-12-11-19(25)13-21(22)26/h7-13,17,20H,3-6,14-15H2,1-2H3,(H,27,30). The van der Waals surface area contributed by atoms with Gasteiger partial charge in [-0.15, -0.1) is 0 Å². The fourth-order valence-electron chi connectivity index (χ4n) is 3.68. The molecule has 1 fully saturated rings. The van der Waals surface area contributed by atoms with Gasteiger partial charge in [0.15, 0.2) is 6.61 Å². The molecule has 0 radical (unpaired) electrons. The maximum Gasteiger partial charge on any atom is 0.261 e. The molecule has 2 aromatic rings. The first-order valence-corrected chi connectivity index (χ1v) is 11.3. The number of aryl methyl sites for hydroxylation is 1. The van der Waals surface area contributed by atoms with Crippen LogP contribution in [0, 0.1) is 6.92 Å². The molecule has 0 aliphatic heterocycles. The molecule has 166 valence electrons. The maximum absolute atomic E-state index is 13.1. The second-order valence-corrected chi connectivity index (χ2v) is 8.88. The first-order chi connectivity index (χ1) is 14.8. The largest absolute Gasteiger partial charge is 0.482 e. The SMILES string of the molecule is Cc1ccc(CN(C(=O)COc2ccc(Cl)cc2Cl)C(C)C(=O)NC2CCCC2)cc1. The molecule has 0 spiro atoms. The number of carbonyl (C=O) groups is 2. The van der Waals surface area contributed by atoms with Crippen molar-refractivity contribution in [3.63, 3.8) is 0 Å². The third kappa shape index (κ3) is 6.62. The summed E-state index contributed by atoms with van der Waals surface area (Å²) in [4.78, 5) is 27.5. The van der Waals surface area contributed by atoms with Crippen LogP contribution in [0.2, 0.25) is 10.0 Å². The average Bonchev–Trinajstić information content (AvgIpc) is 3.25. The highest BCUT2D eigenvalue weighted by Crippen LogP contribution is 2.27. The highest BCUT2D eigenvalue weighted by molar-refractivity contribution is 6.35. The highest BCUT2D eigenvalue weighted by Gasteiger charge is 2.28. The lowest BCUT2D eigenvalue weighted by atomic mass is 10.1. The molecular weight excluding hydrogens is 435 g/mol. The molecule has 1 N–H and O–H groups in total. The number of nitrogens with one attached hydrogen (secondary N) is 1. The van der Waals surface area contributed by atoms with E-state index in [2.05, 4.69) is 5.32 Å². The Morgan fingerprint density at radius 1 is 1.13 bits per heavy atom. The Kier molecular flexibility index (Phi) is 8.22. The van der Waals surface area contributed by atoms with E-state index in [9.17, 15) is 9.59 Å². The summed E-state index contributed by atoms with van der Waals surface area (Å²) >= 11 is 12.1. The normalized spacial score (nSPS) is 14.8. The molecule has 7 heteroatoms. The number of amides is 2. The lowest BCUT2D eigenvalue weighted by molar-refractivity contribution is -0.142. The zero-order chi connectivity index (χ0) is 22.4. The summed E-state index contributed by atoms with van der Waals surface area (Å²) in [6, 6.07) is 12.3. The molecule has 1 aliphatic rings. The molecule has 0 aromatic heterocycles. The minimum atomic E-state index is -0.626. The predicted molar refractivity (Wildman–Crippen MR) is 124 cm³/mol. The van der Waals surface area contributed by atoms with Crippen molar-refractivity contribution < 1.29 is 14.3 Å². The number of hydrogen-bond donors (Lipinski definition) is 1. The van der Waals surface area contributed by atoms with Gasteiger partial charge in [-0.3, -0.25) is 9.59 Å². The van der Waals surface area contributed by atoms with Crippen LogP contribution in [0.4, 0.5) is 0 Å². The van der Waals surface area contributed by atoms with Crippen LogP contribution in [0.5, 0.6) is 5.75 Å². The number of halogens is 2. The van der Waals surface area contributed by atoms with Crippen molar-refractivity contribution in [1.82, 2.24) is 10.2 Å². The van der Waals surface area contributed by atoms with Gasteiger partial charge in [0.2, 0.25) is 5.91 Å². The third-order valence-electron chi connectivity index (χ3n) is 5.59. The van der Waals surface area contributed by atoms with E-state index in [1.807, 2.05) is 31.2 Å². The number of rotatable bonds is 8. The summed E-state index contributed by atoms with van der Waals surface area (Å²) in [5, 5.41) is 3.91. The van der Waals surface area contributed by atoms with Crippen LogP contribution in [0.15, 0.2) is 42.5 Å². The quantitative estimate of drug-likeness (QED) is 0.589. The second-order valence-electron chi connectivity index (χ2n) is 8.04. The van der Waals surface area contributed by atoms with Gasteiger partial charge in [-0.25, -0.2) is 0 Å². The highest BCUT2D eigenvalue weighted by atomic mass is 35.5. The topological polar surface area (TPSA) is 58.6 Å². The molecule has 3 rings (SSSR count). The minimum absolute atomic E-state index is 0.142. The van der Waals surface area contributed by atoms with Crippen molar-refractivity contribution in [1.29, 1.82) is 0 Å². The van der Waals surface area contributed by atoms with Gasteiger partial charge >= 0.3 is 0 Å². The first kappa shape index (κ1) is 23.4. The molecule has 31 heavy (non-hydrogen) atoms. The zero-order valence-corrected chi connectivity index (χ0v) is 19.4. The van der Waals surface area contributed by atoms with Gasteiger partial charge in [0.05, 0.1) is 5.02 Å². The van der Waals surface area contributed by atoms with E-state index in [0.29, 0.717) is 22.3 Å². The molecule has 1 unspecified atom stereocenters. The fraction of sp³-hybridized carbons (Fsp3) is 0.417. The molecule has 5 nitrogen and oxygen atoms in total. The van der Waals surface area contributed by atoms with Crippen LogP contribution in [0.25, 0.3) is 0 Å². The van der Waals surface area contributed by atoms with E-state index < -0.39 is 6.04 Å². The Balaban J connectivity index is 1.72. The van der Waals surface area contributed by atoms with E-state index in [4.69, 9.17) is 27.9 Å². The lowest BCUT2D eigenvalue weighted by Gasteiger charge is -2.29. The van der Waals surface area contributed by atoms with Crippen molar-refractivity contribution in [3.8, 4) is 5.75 Å². The minimum Gasteiger partial charge on any atom is -0.482 e. The summed E-state index contributed by atoms with van der Waals surface area (Å²) in [6.07, 6.45) is 4.23. The molecule has 1 atom stereocenters. The van der Waals surface area contributed by atoms with Crippen molar-refractivity contribution in [2.75, 3.05) is 6.61 Å². The lowest BCUT2D eigenvalue weighted by Crippen LogP contribution is -2.50. The Bertz CT molecular complexity index is 912. The summed E-state index contributed by atoms with van der Waals surface area (Å²) in [7, 11) is 0. The van der Waals surface area contributed by atoms with Crippen LogP contribution in [-0.2, 0) is 16.1 Å². The van der Waals surface area contributed by atoms with Crippen molar-refractivity contribution in [2.24, 2.45) is 0 Å². The summed E-state index contributed by atoms with van der Waals surface area (Å²) in [6.45, 7) is 3.85. The molecule has 2 amide bonds. The third-order valence-corrected chi connectivity index (χ3v) is 6.12. The molecule has 0 saturated heterocycles. The van der Waals surface area contributed by atoms with E-state index >= 15 is 0 Å². The van der Waals surface area contributed by atoms with Crippen LogP contribution in [-0.4, -0.2) is 35.4 Å².